The molecule has 110 valence electrons. The fourth-order valence-electron chi connectivity index (χ4n) is 1.81. The van der Waals surface area contributed by atoms with E-state index in [1.165, 1.54) is 39.0 Å². The first-order valence-corrected chi connectivity index (χ1v) is 9.74. The van der Waals surface area contributed by atoms with Crippen molar-refractivity contribution >= 4 is 51.2 Å². The van der Waals surface area contributed by atoms with Gasteiger partial charge in [-0.15, -0.1) is 15.3 Å². The van der Waals surface area contributed by atoms with Gasteiger partial charge in [0.25, 0.3) is 5.56 Å². The number of hydrogen-bond donors (Lipinski definition) is 0. The quantitative estimate of drug-likeness (QED) is 0.665. The summed E-state index contributed by atoms with van der Waals surface area (Å²) in [6.45, 7) is 3.81. The van der Waals surface area contributed by atoms with Crippen molar-refractivity contribution < 1.29 is 0 Å². The predicted molar refractivity (Wildman–Crippen MR) is 87.1 cm³/mol. The zero-order valence-corrected chi connectivity index (χ0v) is 14.8. The van der Waals surface area contributed by atoms with Crippen LogP contribution in [0.5, 0.6) is 0 Å². The largest absolute Gasteiger partial charge is 0.278 e. The molecule has 0 aliphatic rings. The van der Waals surface area contributed by atoms with Crippen LogP contribution in [0.15, 0.2) is 17.8 Å². The summed E-state index contributed by atoms with van der Waals surface area (Å²) < 4.78 is 3.86. The molecule has 6 nitrogen and oxygen atoms in total. The molecule has 0 spiro atoms. The SMILES string of the molecule is CCc1c(C)nc2sc(Sc3nnc(SC)s3)nn2c1=O. The third kappa shape index (κ3) is 2.85. The Kier molecular flexibility index (Phi) is 4.29. The second kappa shape index (κ2) is 6.03. The zero-order chi connectivity index (χ0) is 15.0. The number of hydrogen-bond acceptors (Lipinski definition) is 9. The molecular weight excluding hydrogens is 346 g/mol. The molecule has 0 amide bonds. The van der Waals surface area contributed by atoms with Gasteiger partial charge in [0.1, 0.15) is 0 Å². The van der Waals surface area contributed by atoms with Crippen molar-refractivity contribution in [2.75, 3.05) is 6.26 Å². The van der Waals surface area contributed by atoms with Crippen LogP contribution < -0.4 is 5.56 Å². The van der Waals surface area contributed by atoms with Crippen LogP contribution in [0.2, 0.25) is 0 Å². The number of thioether (sulfide) groups is 1. The zero-order valence-electron chi connectivity index (χ0n) is 11.5. The van der Waals surface area contributed by atoms with Gasteiger partial charge in [0.05, 0.1) is 0 Å². The van der Waals surface area contributed by atoms with Gasteiger partial charge in [0, 0.05) is 11.3 Å². The van der Waals surface area contributed by atoms with Gasteiger partial charge in [-0.05, 0) is 31.4 Å². The maximum atomic E-state index is 12.3. The number of aryl methyl sites for hydroxylation is 1. The Morgan fingerprint density at radius 1 is 1.19 bits per heavy atom. The average molecular weight is 358 g/mol. The van der Waals surface area contributed by atoms with E-state index in [2.05, 4.69) is 20.3 Å². The Labute approximate surface area is 137 Å². The molecule has 3 aromatic heterocycles. The van der Waals surface area contributed by atoms with Gasteiger partial charge in [-0.1, -0.05) is 41.4 Å². The van der Waals surface area contributed by atoms with Crippen LogP contribution in [0.4, 0.5) is 0 Å². The van der Waals surface area contributed by atoms with Crippen LogP contribution in [0.25, 0.3) is 4.96 Å². The molecule has 10 heteroatoms. The van der Waals surface area contributed by atoms with Crippen molar-refractivity contribution in [2.45, 2.75) is 33.3 Å². The molecule has 0 aromatic carbocycles. The summed E-state index contributed by atoms with van der Waals surface area (Å²) in [6.07, 6.45) is 2.62. The van der Waals surface area contributed by atoms with Crippen LogP contribution in [-0.2, 0) is 6.42 Å². The molecule has 0 atom stereocenters. The molecule has 0 fully saturated rings. The highest BCUT2D eigenvalue weighted by Crippen LogP contribution is 2.34. The Balaban J connectivity index is 2.01. The van der Waals surface area contributed by atoms with Gasteiger partial charge in [0.15, 0.2) is 13.0 Å². The normalized spacial score (nSPS) is 11.4. The fourth-order valence-corrected chi connectivity index (χ4v) is 5.42. The van der Waals surface area contributed by atoms with Gasteiger partial charge >= 0.3 is 0 Å². The molecule has 0 aliphatic heterocycles. The lowest BCUT2D eigenvalue weighted by Crippen LogP contribution is -2.21. The van der Waals surface area contributed by atoms with E-state index < -0.39 is 0 Å². The molecule has 3 rings (SSSR count). The molecule has 0 aliphatic carbocycles. The molecule has 3 aromatic rings. The van der Waals surface area contributed by atoms with Gasteiger partial charge in [-0.3, -0.25) is 4.79 Å². The number of fused-ring (bicyclic) bond motifs is 1. The van der Waals surface area contributed by atoms with Crippen molar-refractivity contribution in [1.82, 2.24) is 24.8 Å². The topological polar surface area (TPSA) is 73.0 Å². The molecule has 0 N–H and O–H groups in total. The molecule has 0 bridgehead atoms. The summed E-state index contributed by atoms with van der Waals surface area (Å²) in [5, 5.41) is 12.5. The third-order valence-electron chi connectivity index (χ3n) is 2.78. The molecule has 0 unspecified atom stereocenters. The first-order valence-electron chi connectivity index (χ1n) is 6.07. The van der Waals surface area contributed by atoms with Crippen molar-refractivity contribution in [3.63, 3.8) is 0 Å². The highest BCUT2D eigenvalue weighted by Gasteiger charge is 2.14. The number of nitrogens with zero attached hydrogens (tertiary/aromatic N) is 5. The summed E-state index contributed by atoms with van der Waals surface area (Å²) in [4.78, 5) is 17.4. The van der Waals surface area contributed by atoms with E-state index in [0.717, 1.165) is 24.3 Å². The maximum absolute atomic E-state index is 12.3. The number of aromatic nitrogens is 5. The average Bonchev–Trinajstić information content (AvgIpc) is 3.06. The lowest BCUT2D eigenvalue weighted by atomic mass is 10.2. The molecule has 0 saturated heterocycles. The van der Waals surface area contributed by atoms with E-state index >= 15 is 0 Å². The molecule has 0 saturated carbocycles. The molecular formula is C11H11N5OS4. The van der Waals surface area contributed by atoms with Crippen molar-refractivity contribution in [2.24, 2.45) is 0 Å². The minimum atomic E-state index is -0.0785. The third-order valence-corrected chi connectivity index (χ3v) is 6.69. The highest BCUT2D eigenvalue weighted by molar-refractivity contribution is 8.04. The van der Waals surface area contributed by atoms with Gasteiger partial charge in [-0.25, -0.2) is 4.98 Å². The lowest BCUT2D eigenvalue weighted by molar-refractivity contribution is 0.823. The van der Waals surface area contributed by atoms with E-state index in [9.17, 15) is 4.79 Å². The van der Waals surface area contributed by atoms with E-state index in [1.54, 1.807) is 11.8 Å². The molecule has 3 heterocycles. The number of rotatable bonds is 4. The summed E-state index contributed by atoms with van der Waals surface area (Å²) in [5.74, 6) is 0. The summed E-state index contributed by atoms with van der Waals surface area (Å²) in [5.41, 5.74) is 1.42. The molecule has 0 radical (unpaired) electrons. The van der Waals surface area contributed by atoms with Crippen molar-refractivity contribution in [3.05, 3.63) is 21.6 Å². The van der Waals surface area contributed by atoms with E-state index in [-0.39, 0.29) is 5.56 Å². The second-order valence-corrected chi connectivity index (χ2v) is 8.52. The van der Waals surface area contributed by atoms with Crippen LogP contribution in [0.3, 0.4) is 0 Å². The standard InChI is InChI=1S/C11H11N5OS4/c1-4-6-5(2)12-8-16(7(6)17)15-11(19-8)21-10-14-13-9(18-3)20-10/h4H2,1-3H3. The first-order chi connectivity index (χ1) is 10.1. The van der Waals surface area contributed by atoms with Crippen molar-refractivity contribution in [3.8, 4) is 0 Å². The summed E-state index contributed by atoms with van der Waals surface area (Å²) in [7, 11) is 0. The Hall–Kier alpha value is -0.970. The van der Waals surface area contributed by atoms with Crippen LogP contribution >= 0.6 is 46.2 Å². The van der Waals surface area contributed by atoms with Crippen molar-refractivity contribution in [1.29, 1.82) is 0 Å². The van der Waals surface area contributed by atoms with Crippen LogP contribution in [-0.4, -0.2) is 31.1 Å². The monoisotopic (exact) mass is 357 g/mol. The van der Waals surface area contributed by atoms with Crippen LogP contribution in [0.1, 0.15) is 18.2 Å². The lowest BCUT2D eigenvalue weighted by Gasteiger charge is -1.99. The second-order valence-electron chi connectivity index (χ2n) is 4.04. The van der Waals surface area contributed by atoms with Gasteiger partial charge in [-0.2, -0.15) is 4.52 Å². The van der Waals surface area contributed by atoms with E-state index in [0.29, 0.717) is 11.4 Å². The minimum Gasteiger partial charge on any atom is -0.267 e. The Morgan fingerprint density at radius 3 is 2.62 bits per heavy atom. The fraction of sp³-hybridized carbons (Fsp3) is 0.364. The summed E-state index contributed by atoms with van der Waals surface area (Å²) >= 11 is 5.89. The predicted octanol–water partition coefficient (Wildman–Crippen LogP) is 2.75. The van der Waals surface area contributed by atoms with Crippen LogP contribution in [0, 0.1) is 6.92 Å². The smallest absolute Gasteiger partial charge is 0.267 e. The van der Waals surface area contributed by atoms with Gasteiger partial charge < -0.3 is 0 Å². The van der Waals surface area contributed by atoms with Gasteiger partial charge in [0.2, 0.25) is 4.96 Å². The first kappa shape index (κ1) is 14.9. The molecule has 21 heavy (non-hydrogen) atoms. The maximum Gasteiger partial charge on any atom is 0.278 e. The summed E-state index contributed by atoms with van der Waals surface area (Å²) in [6, 6.07) is 0. The Bertz CT molecular complexity index is 852. The minimum absolute atomic E-state index is 0.0785. The van der Waals surface area contributed by atoms with E-state index in [4.69, 9.17) is 0 Å². The van der Waals surface area contributed by atoms with E-state index in [1.807, 2.05) is 20.1 Å². The highest BCUT2D eigenvalue weighted by atomic mass is 32.2. The Morgan fingerprint density at radius 2 is 1.95 bits per heavy atom.